The first-order valence-electron chi connectivity index (χ1n) is 6.29. The van der Waals surface area contributed by atoms with Crippen LogP contribution in [0.3, 0.4) is 0 Å². The van der Waals surface area contributed by atoms with Crippen molar-refractivity contribution in [3.05, 3.63) is 12.7 Å². The number of carbonyl (C=O) groups is 2. The third-order valence-electron chi connectivity index (χ3n) is 2.93. The highest BCUT2D eigenvalue weighted by atomic mass is 16.5. The molecule has 1 amide bonds. The normalized spacial score (nSPS) is 20.2. The molecule has 0 radical (unpaired) electrons. The quantitative estimate of drug-likeness (QED) is 0.421. The summed E-state index contributed by atoms with van der Waals surface area (Å²) in [5, 5.41) is 2.70. The molecule has 1 N–H and O–H groups in total. The van der Waals surface area contributed by atoms with Gasteiger partial charge in [0.2, 0.25) is 5.91 Å². The lowest BCUT2D eigenvalue weighted by atomic mass is 10.1. The molecule has 5 nitrogen and oxygen atoms in total. The molecule has 102 valence electrons. The predicted molar refractivity (Wildman–Crippen MR) is 67.0 cm³/mol. The molecule has 1 saturated heterocycles. The minimum atomic E-state index is -0.591. The van der Waals surface area contributed by atoms with E-state index in [-0.39, 0.29) is 5.91 Å². The van der Waals surface area contributed by atoms with Gasteiger partial charge in [-0.1, -0.05) is 6.08 Å². The van der Waals surface area contributed by atoms with Crippen molar-refractivity contribution < 1.29 is 19.1 Å². The van der Waals surface area contributed by atoms with Gasteiger partial charge in [-0.3, -0.25) is 4.79 Å². The fraction of sp³-hybridized carbons (Fsp3) is 0.692. The van der Waals surface area contributed by atoms with Crippen LogP contribution in [0, 0.1) is 0 Å². The van der Waals surface area contributed by atoms with Crippen LogP contribution < -0.4 is 5.32 Å². The second-order valence-electron chi connectivity index (χ2n) is 4.31. The van der Waals surface area contributed by atoms with Crippen LogP contribution in [0.4, 0.5) is 0 Å². The van der Waals surface area contributed by atoms with Gasteiger partial charge in [-0.15, -0.1) is 6.58 Å². The van der Waals surface area contributed by atoms with Gasteiger partial charge in [0, 0.05) is 6.61 Å². The Balaban J connectivity index is 2.45. The Morgan fingerprint density at radius 1 is 1.61 bits per heavy atom. The molecular weight excluding hydrogens is 234 g/mol. The zero-order valence-corrected chi connectivity index (χ0v) is 10.8. The number of hydrogen-bond acceptors (Lipinski definition) is 4. The van der Waals surface area contributed by atoms with Crippen LogP contribution >= 0.6 is 0 Å². The molecule has 0 unspecified atom stereocenters. The van der Waals surface area contributed by atoms with Gasteiger partial charge in [0.15, 0.2) is 0 Å². The third-order valence-corrected chi connectivity index (χ3v) is 2.93. The highest BCUT2D eigenvalue weighted by molar-refractivity contribution is 5.87. The van der Waals surface area contributed by atoms with Crippen LogP contribution in [-0.2, 0) is 19.1 Å². The van der Waals surface area contributed by atoms with Gasteiger partial charge in [0.25, 0.3) is 0 Å². The molecule has 0 saturated carbocycles. The molecule has 0 aromatic heterocycles. The second kappa shape index (κ2) is 7.87. The molecule has 0 spiro atoms. The molecule has 2 atom stereocenters. The number of esters is 1. The van der Waals surface area contributed by atoms with Crippen LogP contribution in [0.15, 0.2) is 12.7 Å². The molecule has 18 heavy (non-hydrogen) atoms. The van der Waals surface area contributed by atoms with E-state index in [1.165, 1.54) is 7.11 Å². The molecule has 0 bridgehead atoms. The van der Waals surface area contributed by atoms with Gasteiger partial charge in [-0.2, -0.15) is 0 Å². The van der Waals surface area contributed by atoms with Crippen molar-refractivity contribution in [1.82, 2.24) is 5.32 Å². The van der Waals surface area contributed by atoms with Crippen LogP contribution in [0.1, 0.15) is 32.1 Å². The summed E-state index contributed by atoms with van der Waals surface area (Å²) in [4.78, 5) is 23.4. The first-order valence-corrected chi connectivity index (χ1v) is 6.29. The number of unbranched alkanes of at least 4 members (excludes halogenated alkanes) is 1. The maximum absolute atomic E-state index is 11.8. The maximum Gasteiger partial charge on any atom is 0.328 e. The fourth-order valence-electron chi connectivity index (χ4n) is 1.91. The summed E-state index contributed by atoms with van der Waals surface area (Å²) < 4.78 is 9.96. The van der Waals surface area contributed by atoms with E-state index in [9.17, 15) is 9.59 Å². The molecule has 1 rings (SSSR count). The van der Waals surface area contributed by atoms with E-state index in [2.05, 4.69) is 16.6 Å². The first kappa shape index (κ1) is 14.7. The molecule has 0 aromatic rings. The summed E-state index contributed by atoms with van der Waals surface area (Å²) in [5.41, 5.74) is 0. The molecule has 1 fully saturated rings. The summed E-state index contributed by atoms with van der Waals surface area (Å²) in [7, 11) is 1.32. The minimum absolute atomic E-state index is 0.221. The van der Waals surface area contributed by atoms with Crippen molar-refractivity contribution in [3.8, 4) is 0 Å². The molecule has 5 heteroatoms. The Morgan fingerprint density at radius 3 is 2.94 bits per heavy atom. The molecular formula is C13H21NO4. The predicted octanol–water partition coefficient (Wildman–Crippen LogP) is 1.18. The Morgan fingerprint density at radius 2 is 2.39 bits per heavy atom. The number of allylic oxidation sites excluding steroid dienone is 1. The molecule has 0 aliphatic carbocycles. The average Bonchev–Trinajstić information content (AvgIpc) is 2.90. The second-order valence-corrected chi connectivity index (χ2v) is 4.31. The zero-order chi connectivity index (χ0) is 13.4. The summed E-state index contributed by atoms with van der Waals surface area (Å²) >= 11 is 0. The van der Waals surface area contributed by atoms with Crippen molar-refractivity contribution in [2.24, 2.45) is 0 Å². The Labute approximate surface area is 108 Å². The lowest BCUT2D eigenvalue weighted by Crippen LogP contribution is -2.45. The Kier molecular flexibility index (Phi) is 6.43. The number of ether oxygens (including phenoxy) is 2. The molecule has 1 aliphatic rings. The van der Waals surface area contributed by atoms with Crippen molar-refractivity contribution in [2.75, 3.05) is 13.7 Å². The van der Waals surface area contributed by atoms with Crippen molar-refractivity contribution in [2.45, 2.75) is 44.2 Å². The van der Waals surface area contributed by atoms with Crippen molar-refractivity contribution >= 4 is 11.9 Å². The lowest BCUT2D eigenvalue weighted by molar-refractivity contribution is -0.146. The van der Waals surface area contributed by atoms with Gasteiger partial charge in [-0.25, -0.2) is 4.79 Å². The molecule has 0 aromatic carbocycles. The van der Waals surface area contributed by atoms with Crippen LogP contribution in [0.5, 0.6) is 0 Å². The summed E-state index contributed by atoms with van der Waals surface area (Å²) in [6, 6.07) is -0.591. The maximum atomic E-state index is 11.8. The topological polar surface area (TPSA) is 64.6 Å². The van der Waals surface area contributed by atoms with E-state index in [0.717, 1.165) is 19.3 Å². The highest BCUT2D eigenvalue weighted by Gasteiger charge is 2.28. The van der Waals surface area contributed by atoms with Gasteiger partial charge in [0.05, 0.1) is 7.11 Å². The van der Waals surface area contributed by atoms with Crippen molar-refractivity contribution in [3.63, 3.8) is 0 Å². The number of carbonyl (C=O) groups excluding carboxylic acids is 2. The minimum Gasteiger partial charge on any atom is -0.467 e. The van der Waals surface area contributed by atoms with E-state index in [0.29, 0.717) is 19.4 Å². The van der Waals surface area contributed by atoms with E-state index >= 15 is 0 Å². The van der Waals surface area contributed by atoms with Gasteiger partial charge in [-0.05, 0) is 32.1 Å². The van der Waals surface area contributed by atoms with E-state index in [4.69, 9.17) is 4.74 Å². The number of nitrogens with one attached hydrogen (secondary N) is 1. The molecule has 1 aliphatic heterocycles. The van der Waals surface area contributed by atoms with E-state index in [1.54, 1.807) is 6.08 Å². The Hall–Kier alpha value is -1.36. The van der Waals surface area contributed by atoms with Crippen molar-refractivity contribution in [1.29, 1.82) is 0 Å². The average molecular weight is 255 g/mol. The first-order chi connectivity index (χ1) is 8.69. The monoisotopic (exact) mass is 255 g/mol. The van der Waals surface area contributed by atoms with Crippen LogP contribution in [0.2, 0.25) is 0 Å². The fourth-order valence-corrected chi connectivity index (χ4v) is 1.91. The van der Waals surface area contributed by atoms with Crippen LogP contribution in [-0.4, -0.2) is 37.7 Å². The summed E-state index contributed by atoms with van der Waals surface area (Å²) in [6.45, 7) is 4.23. The third kappa shape index (κ3) is 4.49. The summed E-state index contributed by atoms with van der Waals surface area (Å²) in [5.74, 6) is -0.632. The largest absolute Gasteiger partial charge is 0.467 e. The number of hydrogen-bond donors (Lipinski definition) is 1. The number of methoxy groups -OCH3 is 1. The van der Waals surface area contributed by atoms with E-state index in [1.807, 2.05) is 0 Å². The van der Waals surface area contributed by atoms with E-state index < -0.39 is 18.1 Å². The SMILES string of the molecule is C=CCCC[C@@H](NC(=O)[C@H]1CCCO1)C(=O)OC. The van der Waals surface area contributed by atoms with Gasteiger partial charge in [0.1, 0.15) is 12.1 Å². The summed E-state index contributed by atoms with van der Waals surface area (Å²) in [6.07, 6.45) is 5.12. The number of amides is 1. The lowest BCUT2D eigenvalue weighted by Gasteiger charge is -2.18. The molecule has 1 heterocycles. The van der Waals surface area contributed by atoms with Gasteiger partial charge >= 0.3 is 5.97 Å². The van der Waals surface area contributed by atoms with Gasteiger partial charge < -0.3 is 14.8 Å². The number of rotatable bonds is 7. The smallest absolute Gasteiger partial charge is 0.328 e. The Bertz CT molecular complexity index is 297. The highest BCUT2D eigenvalue weighted by Crippen LogP contribution is 2.13. The zero-order valence-electron chi connectivity index (χ0n) is 10.8. The standard InChI is InChI=1S/C13H21NO4/c1-3-4-5-7-10(13(16)17-2)14-12(15)11-8-6-9-18-11/h3,10-11H,1,4-9H2,2H3,(H,14,15)/t10-,11-/m1/s1. The van der Waals surface area contributed by atoms with Crippen LogP contribution in [0.25, 0.3) is 0 Å².